The minimum atomic E-state index is -0.752. The summed E-state index contributed by atoms with van der Waals surface area (Å²) < 4.78 is 4.85. The molecule has 1 atom stereocenters. The zero-order chi connectivity index (χ0) is 10.6. The highest BCUT2D eigenvalue weighted by molar-refractivity contribution is 8.01. The van der Waals surface area contributed by atoms with E-state index in [9.17, 15) is 4.79 Å². The lowest BCUT2D eigenvalue weighted by Crippen LogP contribution is -2.31. The fourth-order valence-corrected chi connectivity index (χ4v) is 2.29. The van der Waals surface area contributed by atoms with Crippen molar-refractivity contribution in [3.8, 4) is 0 Å². The van der Waals surface area contributed by atoms with E-state index in [1.165, 1.54) is 18.2 Å². The molecule has 0 amide bonds. The number of hydrogen-bond acceptors (Lipinski definition) is 3. The summed E-state index contributed by atoms with van der Waals surface area (Å²) in [5, 5.41) is 8.91. The maximum atomic E-state index is 10.8. The van der Waals surface area contributed by atoms with Crippen molar-refractivity contribution in [3.63, 3.8) is 0 Å². The Hall–Kier alpha value is -0.220. The standard InChI is InChI=1S/C10H18O3S/c1-10(2,9(11)12)14-7-8-5-3-4-6-13-8/h8H,3-7H2,1-2H3,(H,11,12)/t8-/m0/s1. The van der Waals surface area contributed by atoms with Crippen LogP contribution in [0.25, 0.3) is 0 Å². The van der Waals surface area contributed by atoms with Crippen molar-refractivity contribution in [1.82, 2.24) is 0 Å². The first kappa shape index (κ1) is 11.9. The average Bonchev–Trinajstić information content (AvgIpc) is 2.16. The lowest BCUT2D eigenvalue weighted by Gasteiger charge is -2.25. The van der Waals surface area contributed by atoms with Gasteiger partial charge in [0.15, 0.2) is 0 Å². The normalized spacial score (nSPS) is 23.4. The molecule has 1 fully saturated rings. The molecule has 1 saturated heterocycles. The topological polar surface area (TPSA) is 46.5 Å². The van der Waals surface area contributed by atoms with Crippen molar-refractivity contribution in [1.29, 1.82) is 0 Å². The molecule has 1 N–H and O–H groups in total. The van der Waals surface area contributed by atoms with Crippen LogP contribution in [0.15, 0.2) is 0 Å². The molecule has 0 aromatic rings. The summed E-state index contributed by atoms with van der Waals surface area (Å²) in [5.41, 5.74) is 0. The lowest BCUT2D eigenvalue weighted by molar-refractivity contribution is -0.138. The predicted molar refractivity (Wildman–Crippen MR) is 57.8 cm³/mol. The maximum Gasteiger partial charge on any atom is 0.319 e. The summed E-state index contributed by atoms with van der Waals surface area (Å²) in [7, 11) is 0. The SMILES string of the molecule is CC(C)(SC[C@@H]1CCCCO1)C(=O)O. The summed E-state index contributed by atoms with van der Waals surface area (Å²) in [5.74, 6) is 0.0394. The van der Waals surface area contributed by atoms with E-state index in [-0.39, 0.29) is 6.10 Å². The molecule has 4 heteroatoms. The van der Waals surface area contributed by atoms with Crippen molar-refractivity contribution in [2.45, 2.75) is 44.0 Å². The maximum absolute atomic E-state index is 10.8. The molecule has 1 aliphatic heterocycles. The van der Waals surface area contributed by atoms with Gasteiger partial charge in [-0.3, -0.25) is 4.79 Å². The van der Waals surface area contributed by atoms with Crippen LogP contribution < -0.4 is 0 Å². The molecule has 0 aliphatic carbocycles. The Morgan fingerprint density at radius 1 is 1.57 bits per heavy atom. The van der Waals surface area contributed by atoms with Crippen molar-refractivity contribution in [2.24, 2.45) is 0 Å². The average molecular weight is 218 g/mol. The molecule has 0 aromatic heterocycles. The molecular formula is C10H18O3S. The van der Waals surface area contributed by atoms with Crippen LogP contribution in [0.3, 0.4) is 0 Å². The molecule has 14 heavy (non-hydrogen) atoms. The van der Waals surface area contributed by atoms with E-state index in [2.05, 4.69) is 0 Å². The third kappa shape index (κ3) is 3.50. The summed E-state index contributed by atoms with van der Waals surface area (Å²) in [6.07, 6.45) is 3.68. The van der Waals surface area contributed by atoms with Gasteiger partial charge in [-0.15, -0.1) is 11.8 Å². The fourth-order valence-electron chi connectivity index (χ4n) is 1.30. The van der Waals surface area contributed by atoms with Gasteiger partial charge in [-0.1, -0.05) is 0 Å². The molecular weight excluding hydrogens is 200 g/mol. The largest absolute Gasteiger partial charge is 0.480 e. The van der Waals surface area contributed by atoms with Crippen LogP contribution >= 0.6 is 11.8 Å². The number of ether oxygens (including phenoxy) is 1. The highest BCUT2D eigenvalue weighted by atomic mass is 32.2. The predicted octanol–water partition coefficient (Wildman–Crippen LogP) is 2.15. The third-order valence-corrected chi connectivity index (χ3v) is 3.85. The third-order valence-electron chi connectivity index (χ3n) is 2.42. The van der Waals surface area contributed by atoms with Crippen LogP contribution in [0.1, 0.15) is 33.1 Å². The Labute approximate surface area is 89.2 Å². The number of hydrogen-bond donors (Lipinski definition) is 1. The second kappa shape index (κ2) is 5.03. The van der Waals surface area contributed by atoms with Gasteiger partial charge in [-0.2, -0.15) is 0 Å². The van der Waals surface area contributed by atoms with E-state index < -0.39 is 10.7 Å². The van der Waals surface area contributed by atoms with E-state index >= 15 is 0 Å². The van der Waals surface area contributed by atoms with E-state index in [0.717, 1.165) is 25.2 Å². The van der Waals surface area contributed by atoms with Gasteiger partial charge in [0.25, 0.3) is 0 Å². The molecule has 0 radical (unpaired) electrons. The first-order valence-electron chi connectivity index (χ1n) is 5.01. The van der Waals surface area contributed by atoms with Gasteiger partial charge in [0.1, 0.15) is 4.75 Å². The fraction of sp³-hybridized carbons (Fsp3) is 0.900. The first-order valence-corrected chi connectivity index (χ1v) is 6.00. The Balaban J connectivity index is 2.28. The summed E-state index contributed by atoms with van der Waals surface area (Å²) in [6.45, 7) is 4.31. The molecule has 0 spiro atoms. The Bertz CT molecular complexity index is 198. The lowest BCUT2D eigenvalue weighted by atomic mass is 10.1. The van der Waals surface area contributed by atoms with Crippen molar-refractivity contribution < 1.29 is 14.6 Å². The highest BCUT2D eigenvalue weighted by Crippen LogP contribution is 2.28. The van der Waals surface area contributed by atoms with Gasteiger partial charge in [0.05, 0.1) is 6.10 Å². The number of carboxylic acids is 1. The number of thioether (sulfide) groups is 1. The molecule has 82 valence electrons. The van der Waals surface area contributed by atoms with E-state index in [4.69, 9.17) is 9.84 Å². The van der Waals surface area contributed by atoms with E-state index in [0.29, 0.717) is 0 Å². The van der Waals surface area contributed by atoms with Gasteiger partial charge in [0.2, 0.25) is 0 Å². The quantitative estimate of drug-likeness (QED) is 0.785. The second-order valence-electron chi connectivity index (χ2n) is 4.12. The molecule has 0 unspecified atom stereocenters. The first-order chi connectivity index (χ1) is 6.52. The molecule has 0 aromatic carbocycles. The van der Waals surface area contributed by atoms with E-state index in [1.807, 2.05) is 0 Å². The number of rotatable bonds is 4. The molecule has 0 saturated carbocycles. The van der Waals surface area contributed by atoms with Crippen LogP contribution in [0.2, 0.25) is 0 Å². The number of aliphatic carboxylic acids is 1. The van der Waals surface area contributed by atoms with Crippen LogP contribution in [0.5, 0.6) is 0 Å². The number of carboxylic acid groups (broad SMARTS) is 1. The highest BCUT2D eigenvalue weighted by Gasteiger charge is 2.29. The van der Waals surface area contributed by atoms with Crippen molar-refractivity contribution >= 4 is 17.7 Å². The molecule has 0 bridgehead atoms. The minimum Gasteiger partial charge on any atom is -0.480 e. The Morgan fingerprint density at radius 3 is 2.79 bits per heavy atom. The van der Waals surface area contributed by atoms with Gasteiger partial charge in [-0.25, -0.2) is 0 Å². The number of carbonyl (C=O) groups is 1. The van der Waals surface area contributed by atoms with Crippen LogP contribution in [0.4, 0.5) is 0 Å². The zero-order valence-corrected chi connectivity index (χ0v) is 9.60. The van der Waals surface area contributed by atoms with Gasteiger partial charge >= 0.3 is 5.97 Å². The molecule has 1 aliphatic rings. The minimum absolute atomic E-state index is 0.257. The molecule has 1 rings (SSSR count). The van der Waals surface area contributed by atoms with E-state index in [1.54, 1.807) is 13.8 Å². The smallest absolute Gasteiger partial charge is 0.319 e. The zero-order valence-electron chi connectivity index (χ0n) is 8.78. The van der Waals surface area contributed by atoms with Gasteiger partial charge < -0.3 is 9.84 Å². The Morgan fingerprint density at radius 2 is 2.29 bits per heavy atom. The molecule has 1 heterocycles. The van der Waals surface area contributed by atoms with Crippen molar-refractivity contribution in [3.05, 3.63) is 0 Å². The van der Waals surface area contributed by atoms with Crippen LogP contribution in [-0.4, -0.2) is 34.3 Å². The molecule has 3 nitrogen and oxygen atoms in total. The summed E-state index contributed by atoms with van der Waals surface area (Å²) in [4.78, 5) is 10.8. The Kier molecular flexibility index (Phi) is 4.26. The van der Waals surface area contributed by atoms with Crippen LogP contribution in [-0.2, 0) is 9.53 Å². The summed E-state index contributed by atoms with van der Waals surface area (Å²) in [6, 6.07) is 0. The monoisotopic (exact) mass is 218 g/mol. The second-order valence-corrected chi connectivity index (χ2v) is 5.76. The summed E-state index contributed by atoms with van der Waals surface area (Å²) >= 11 is 1.47. The van der Waals surface area contributed by atoms with Crippen LogP contribution in [0, 0.1) is 0 Å². The van der Waals surface area contributed by atoms with Gasteiger partial charge in [0, 0.05) is 12.4 Å². The van der Waals surface area contributed by atoms with Crippen molar-refractivity contribution in [2.75, 3.05) is 12.4 Å². The van der Waals surface area contributed by atoms with Gasteiger partial charge in [-0.05, 0) is 33.1 Å².